The Kier molecular flexibility index (Phi) is 4.85. The summed E-state index contributed by atoms with van der Waals surface area (Å²) >= 11 is 3.05. The van der Waals surface area contributed by atoms with Gasteiger partial charge in [0.05, 0.1) is 17.0 Å². The number of hydrogen-bond acceptors (Lipinski definition) is 5. The fourth-order valence-electron chi connectivity index (χ4n) is 2.26. The number of aryl methyl sites for hydroxylation is 1. The quantitative estimate of drug-likeness (QED) is 0.495. The molecule has 0 saturated carbocycles. The number of carbonyl (C=O) groups excluding carboxylic acids is 1. The molecule has 0 bridgehead atoms. The molecule has 1 aromatic carbocycles. The maximum Gasteiger partial charge on any atom is 0.404 e. The van der Waals surface area contributed by atoms with Crippen molar-refractivity contribution < 1.29 is 18.5 Å². The minimum atomic E-state index is -0.613. The molecule has 0 saturated heterocycles. The number of carbonyl (C=O) groups is 1. The van der Waals surface area contributed by atoms with Gasteiger partial charge in [-0.2, -0.15) is 4.68 Å². The number of rotatable bonds is 5. The Labute approximate surface area is 154 Å². The molecular weight excluding hydrogens is 411 g/mol. The van der Waals surface area contributed by atoms with Gasteiger partial charge in [-0.1, -0.05) is 6.07 Å². The molecule has 0 fully saturated rings. The van der Waals surface area contributed by atoms with Gasteiger partial charge in [0.2, 0.25) is 0 Å². The molecule has 8 nitrogen and oxygen atoms in total. The molecule has 2 heterocycles. The number of hydrogen-bond donors (Lipinski definition) is 1. The summed E-state index contributed by atoms with van der Waals surface area (Å²) in [4.78, 5) is 22.4. The first kappa shape index (κ1) is 17.8. The van der Waals surface area contributed by atoms with Gasteiger partial charge in [-0.25, -0.2) is 4.39 Å². The molecule has 134 valence electrons. The second-order valence-corrected chi connectivity index (χ2v) is 6.31. The van der Waals surface area contributed by atoms with Crippen LogP contribution < -0.4 is 5.32 Å². The third-order valence-corrected chi connectivity index (χ3v) is 4.00. The molecular formula is C16H12BrFN4O4. The molecule has 0 radical (unpaired) electrons. The second-order valence-electron chi connectivity index (χ2n) is 5.46. The van der Waals surface area contributed by atoms with Gasteiger partial charge in [-0.05, 0) is 57.6 Å². The van der Waals surface area contributed by atoms with Gasteiger partial charge >= 0.3 is 5.82 Å². The van der Waals surface area contributed by atoms with E-state index in [1.165, 1.54) is 29.1 Å². The van der Waals surface area contributed by atoms with Crippen LogP contribution in [0.25, 0.3) is 0 Å². The molecule has 3 rings (SSSR count). The number of amides is 1. The van der Waals surface area contributed by atoms with Crippen molar-refractivity contribution in [3.8, 4) is 0 Å². The lowest BCUT2D eigenvalue weighted by Gasteiger charge is -2.05. The highest BCUT2D eigenvalue weighted by atomic mass is 79.9. The van der Waals surface area contributed by atoms with Crippen LogP contribution in [0.5, 0.6) is 0 Å². The van der Waals surface area contributed by atoms with Gasteiger partial charge in [-0.15, -0.1) is 0 Å². The van der Waals surface area contributed by atoms with Crippen molar-refractivity contribution in [2.75, 3.05) is 5.32 Å². The fraction of sp³-hybridized carbons (Fsp3) is 0.125. The highest BCUT2D eigenvalue weighted by Crippen LogP contribution is 2.23. The lowest BCUT2D eigenvalue weighted by Crippen LogP contribution is -2.12. The number of nitro groups is 1. The van der Waals surface area contributed by atoms with Gasteiger partial charge < -0.3 is 19.8 Å². The lowest BCUT2D eigenvalue weighted by molar-refractivity contribution is -0.390. The Balaban J connectivity index is 1.73. The molecule has 0 aliphatic carbocycles. The number of nitrogens with one attached hydrogen (secondary N) is 1. The zero-order valence-corrected chi connectivity index (χ0v) is 15.0. The molecule has 26 heavy (non-hydrogen) atoms. The second kappa shape index (κ2) is 7.08. The number of halogens is 2. The molecule has 0 aliphatic heterocycles. The third-order valence-electron chi connectivity index (χ3n) is 3.45. The monoisotopic (exact) mass is 422 g/mol. The molecule has 0 aliphatic rings. The number of nitrogens with zero attached hydrogens (tertiary/aromatic N) is 3. The first-order valence-corrected chi connectivity index (χ1v) is 8.16. The summed E-state index contributed by atoms with van der Waals surface area (Å²) in [6, 6.07) is 7.35. The zero-order valence-electron chi connectivity index (χ0n) is 13.4. The summed E-state index contributed by atoms with van der Waals surface area (Å²) in [6.07, 6.45) is 1.43. The number of furan rings is 1. The standard InChI is InChI=1S/C16H12BrFN4O4/c1-9-2-4-12(18)13(6-9)19-16(23)14-5-3-10(26-14)7-21-8-11(17)15(20-21)22(24)25/h2-6,8H,7H2,1H3,(H,19,23). The van der Waals surface area contributed by atoms with Crippen LogP contribution >= 0.6 is 15.9 Å². The van der Waals surface area contributed by atoms with Crippen molar-refractivity contribution in [2.45, 2.75) is 13.5 Å². The fourth-order valence-corrected chi connectivity index (χ4v) is 2.72. The van der Waals surface area contributed by atoms with Crippen molar-refractivity contribution in [2.24, 2.45) is 0 Å². The van der Waals surface area contributed by atoms with E-state index in [2.05, 4.69) is 26.3 Å². The molecule has 0 atom stereocenters. The van der Waals surface area contributed by atoms with Crippen LogP contribution in [0, 0.1) is 22.9 Å². The van der Waals surface area contributed by atoms with Crippen LogP contribution in [-0.4, -0.2) is 20.6 Å². The van der Waals surface area contributed by atoms with E-state index in [0.29, 0.717) is 5.76 Å². The van der Waals surface area contributed by atoms with Gasteiger partial charge in [0.1, 0.15) is 22.6 Å². The Morgan fingerprint density at radius 1 is 1.42 bits per heavy atom. The summed E-state index contributed by atoms with van der Waals surface area (Å²) in [6.45, 7) is 1.88. The maximum atomic E-state index is 13.7. The maximum absolute atomic E-state index is 13.7. The highest BCUT2D eigenvalue weighted by molar-refractivity contribution is 9.10. The van der Waals surface area contributed by atoms with Crippen LogP contribution in [0.1, 0.15) is 21.9 Å². The van der Waals surface area contributed by atoms with E-state index in [1.807, 2.05) is 0 Å². The van der Waals surface area contributed by atoms with Gasteiger partial charge in [0.25, 0.3) is 5.91 Å². The van der Waals surface area contributed by atoms with Crippen molar-refractivity contribution in [1.82, 2.24) is 9.78 Å². The Morgan fingerprint density at radius 2 is 2.19 bits per heavy atom. The topological polar surface area (TPSA) is 103 Å². The Bertz CT molecular complexity index is 998. The average molecular weight is 423 g/mol. The summed E-state index contributed by atoms with van der Waals surface area (Å²) < 4.78 is 20.7. The van der Waals surface area contributed by atoms with Crippen LogP contribution in [0.4, 0.5) is 15.9 Å². The van der Waals surface area contributed by atoms with Crippen LogP contribution in [-0.2, 0) is 6.54 Å². The lowest BCUT2D eigenvalue weighted by atomic mass is 10.2. The first-order chi connectivity index (χ1) is 12.3. The molecule has 10 heteroatoms. The third kappa shape index (κ3) is 3.80. The molecule has 2 aromatic heterocycles. The molecule has 0 unspecified atom stereocenters. The molecule has 3 aromatic rings. The van der Waals surface area contributed by atoms with Crippen molar-refractivity contribution >= 4 is 33.3 Å². The number of aromatic nitrogens is 2. The summed E-state index contributed by atoms with van der Waals surface area (Å²) in [5, 5.41) is 17.1. The van der Waals surface area contributed by atoms with Gasteiger partial charge in [-0.3, -0.25) is 4.79 Å². The molecule has 1 N–H and O–H groups in total. The first-order valence-electron chi connectivity index (χ1n) is 7.37. The minimum Gasteiger partial charge on any atom is -0.454 e. The van der Waals surface area contributed by atoms with Crippen molar-refractivity contribution in [3.63, 3.8) is 0 Å². The van der Waals surface area contributed by atoms with Crippen LogP contribution in [0.2, 0.25) is 0 Å². The number of anilines is 1. The van der Waals surface area contributed by atoms with Crippen molar-refractivity contribution in [3.05, 3.63) is 74.0 Å². The predicted molar refractivity (Wildman–Crippen MR) is 93.5 cm³/mol. The van der Waals surface area contributed by atoms with E-state index < -0.39 is 16.6 Å². The number of benzene rings is 1. The van der Waals surface area contributed by atoms with Crippen molar-refractivity contribution in [1.29, 1.82) is 0 Å². The normalized spacial score (nSPS) is 10.7. The largest absolute Gasteiger partial charge is 0.454 e. The van der Waals surface area contributed by atoms with E-state index in [1.54, 1.807) is 19.1 Å². The van der Waals surface area contributed by atoms with E-state index in [-0.39, 0.29) is 28.3 Å². The van der Waals surface area contributed by atoms with E-state index in [4.69, 9.17) is 4.42 Å². The molecule has 1 amide bonds. The zero-order chi connectivity index (χ0) is 18.8. The van der Waals surface area contributed by atoms with E-state index in [9.17, 15) is 19.3 Å². The highest BCUT2D eigenvalue weighted by Gasteiger charge is 2.20. The summed E-state index contributed by atoms with van der Waals surface area (Å²) in [5.74, 6) is -1.12. The van der Waals surface area contributed by atoms with E-state index in [0.717, 1.165) is 5.56 Å². The smallest absolute Gasteiger partial charge is 0.404 e. The van der Waals surface area contributed by atoms with Gasteiger partial charge in [0, 0.05) is 0 Å². The molecule has 0 spiro atoms. The average Bonchev–Trinajstić information content (AvgIpc) is 3.18. The van der Waals surface area contributed by atoms with Gasteiger partial charge in [0.15, 0.2) is 5.76 Å². The van der Waals surface area contributed by atoms with Crippen LogP contribution in [0.3, 0.4) is 0 Å². The summed E-state index contributed by atoms with van der Waals surface area (Å²) in [5.41, 5.74) is 0.854. The Hall–Kier alpha value is -3.01. The Morgan fingerprint density at radius 3 is 2.88 bits per heavy atom. The van der Waals surface area contributed by atoms with Crippen LogP contribution in [0.15, 0.2) is 45.4 Å². The predicted octanol–water partition coefficient (Wildman–Crippen LogP) is 3.89. The summed E-state index contributed by atoms with van der Waals surface area (Å²) in [7, 11) is 0. The minimum absolute atomic E-state index is 0.0124. The SMILES string of the molecule is Cc1ccc(F)c(NC(=O)c2ccc(Cn3cc(Br)c([N+](=O)[O-])n3)o2)c1. The van der Waals surface area contributed by atoms with E-state index >= 15 is 0 Å².